The maximum Gasteiger partial charge on any atom is 0.341 e. The lowest BCUT2D eigenvalue weighted by molar-refractivity contribution is 0.0438. The molecule has 0 aliphatic carbocycles. The number of methoxy groups -OCH3 is 3. The van der Waals surface area contributed by atoms with Gasteiger partial charge in [-0.05, 0) is 24.3 Å². The van der Waals surface area contributed by atoms with Crippen LogP contribution in [0.25, 0.3) is 11.5 Å². The van der Waals surface area contributed by atoms with Crippen molar-refractivity contribution in [3.8, 4) is 28.7 Å². The predicted octanol–water partition coefficient (Wildman–Crippen LogP) is 3.17. The van der Waals surface area contributed by atoms with Gasteiger partial charge in [-0.2, -0.15) is 0 Å². The summed E-state index contributed by atoms with van der Waals surface area (Å²) in [5, 5.41) is 7.89. The van der Waals surface area contributed by atoms with Crippen LogP contribution in [0.5, 0.6) is 17.2 Å². The van der Waals surface area contributed by atoms with Crippen LogP contribution in [0.1, 0.15) is 16.2 Å². The molecule has 1 aromatic carbocycles. The topological polar surface area (TPSA) is 106 Å². The summed E-state index contributed by atoms with van der Waals surface area (Å²) in [7, 11) is 4.51. The van der Waals surface area contributed by atoms with Crippen LogP contribution in [0.15, 0.2) is 34.9 Å². The van der Waals surface area contributed by atoms with Crippen molar-refractivity contribution < 1.29 is 28.2 Å². The van der Waals surface area contributed by atoms with Crippen LogP contribution in [0.3, 0.4) is 0 Å². The molecule has 28 heavy (non-hydrogen) atoms. The van der Waals surface area contributed by atoms with Gasteiger partial charge in [-0.25, -0.2) is 9.78 Å². The molecule has 0 bridgehead atoms. The number of hydrogen-bond donors (Lipinski definition) is 0. The second-order valence-corrected chi connectivity index (χ2v) is 5.69. The van der Waals surface area contributed by atoms with E-state index in [2.05, 4.69) is 15.2 Å². The van der Waals surface area contributed by atoms with Gasteiger partial charge in [-0.1, -0.05) is 11.6 Å². The van der Waals surface area contributed by atoms with E-state index >= 15 is 0 Å². The number of rotatable bonds is 7. The van der Waals surface area contributed by atoms with Crippen LogP contribution in [0.4, 0.5) is 0 Å². The van der Waals surface area contributed by atoms with Gasteiger partial charge in [0.15, 0.2) is 18.1 Å². The van der Waals surface area contributed by atoms with Gasteiger partial charge in [0, 0.05) is 11.8 Å². The summed E-state index contributed by atoms with van der Waals surface area (Å²) in [6.07, 6.45) is 1.47. The van der Waals surface area contributed by atoms with Crippen LogP contribution >= 0.6 is 11.6 Å². The standard InChI is InChI=1S/C18H16ClN3O6/c1-24-12-7-10(8-13(25-2)15(12)26-3)17-22-21-14(28-17)9-27-18(23)11-5-4-6-20-16(11)19/h4-8H,9H2,1-3H3. The second kappa shape index (κ2) is 8.57. The van der Waals surface area contributed by atoms with E-state index in [4.69, 9.17) is 35.0 Å². The number of benzene rings is 1. The van der Waals surface area contributed by atoms with E-state index < -0.39 is 5.97 Å². The average Bonchev–Trinajstić information content (AvgIpc) is 3.20. The molecule has 0 aliphatic heterocycles. The number of esters is 1. The molecule has 0 aliphatic rings. The fraction of sp³-hybridized carbons (Fsp3) is 0.222. The first kappa shape index (κ1) is 19.4. The molecular weight excluding hydrogens is 390 g/mol. The first-order chi connectivity index (χ1) is 13.6. The number of hydrogen-bond acceptors (Lipinski definition) is 9. The van der Waals surface area contributed by atoms with E-state index in [0.29, 0.717) is 22.8 Å². The number of ether oxygens (including phenoxy) is 4. The summed E-state index contributed by atoms with van der Waals surface area (Å²) in [4.78, 5) is 15.9. The van der Waals surface area contributed by atoms with Crippen molar-refractivity contribution in [2.75, 3.05) is 21.3 Å². The van der Waals surface area contributed by atoms with E-state index in [1.807, 2.05) is 0 Å². The van der Waals surface area contributed by atoms with Gasteiger partial charge in [-0.15, -0.1) is 10.2 Å². The summed E-state index contributed by atoms with van der Waals surface area (Å²) >= 11 is 5.87. The Kier molecular flexibility index (Phi) is 5.95. The van der Waals surface area contributed by atoms with Crippen LogP contribution in [-0.4, -0.2) is 42.5 Å². The predicted molar refractivity (Wildman–Crippen MR) is 97.8 cm³/mol. The molecule has 0 amide bonds. The third-order valence-electron chi connectivity index (χ3n) is 3.68. The van der Waals surface area contributed by atoms with Crippen molar-refractivity contribution in [2.24, 2.45) is 0 Å². The molecule has 2 heterocycles. The fourth-order valence-corrected chi connectivity index (χ4v) is 2.57. The van der Waals surface area contributed by atoms with Gasteiger partial charge >= 0.3 is 5.97 Å². The first-order valence-corrected chi connectivity index (χ1v) is 8.35. The Morgan fingerprint density at radius 3 is 2.43 bits per heavy atom. The maximum atomic E-state index is 12.1. The van der Waals surface area contributed by atoms with Crippen LogP contribution in [-0.2, 0) is 11.3 Å². The molecular formula is C18H16ClN3O6. The lowest BCUT2D eigenvalue weighted by atomic mass is 10.2. The van der Waals surface area contributed by atoms with Gasteiger partial charge in [0.25, 0.3) is 5.89 Å². The van der Waals surface area contributed by atoms with Crippen LogP contribution in [0, 0.1) is 0 Å². The smallest absolute Gasteiger partial charge is 0.341 e. The summed E-state index contributed by atoms with van der Waals surface area (Å²) in [5.74, 6) is 0.978. The van der Waals surface area contributed by atoms with Crippen molar-refractivity contribution in [2.45, 2.75) is 6.61 Å². The minimum absolute atomic E-state index is 0.0520. The number of pyridine rings is 1. The molecule has 0 fully saturated rings. The average molecular weight is 406 g/mol. The summed E-state index contributed by atoms with van der Waals surface area (Å²) in [6, 6.07) is 6.42. The Bertz CT molecular complexity index is 966. The van der Waals surface area contributed by atoms with Gasteiger partial charge in [0.05, 0.1) is 26.9 Å². The Morgan fingerprint density at radius 2 is 1.82 bits per heavy atom. The zero-order valence-electron chi connectivity index (χ0n) is 15.3. The van der Waals surface area contributed by atoms with Gasteiger partial charge < -0.3 is 23.4 Å². The number of aromatic nitrogens is 3. The van der Waals surface area contributed by atoms with Crippen molar-refractivity contribution in [1.29, 1.82) is 0 Å². The third-order valence-corrected chi connectivity index (χ3v) is 3.99. The normalized spacial score (nSPS) is 10.4. The molecule has 3 aromatic rings. The van der Waals surface area contributed by atoms with Crippen molar-refractivity contribution in [3.05, 3.63) is 47.1 Å². The molecule has 146 valence electrons. The number of nitrogens with zero attached hydrogens (tertiary/aromatic N) is 3. The number of carbonyl (C=O) groups is 1. The maximum absolute atomic E-state index is 12.1. The summed E-state index contributed by atoms with van der Waals surface area (Å²) < 4.78 is 26.6. The Balaban J connectivity index is 1.77. The molecule has 0 saturated carbocycles. The number of halogens is 1. The monoisotopic (exact) mass is 405 g/mol. The first-order valence-electron chi connectivity index (χ1n) is 7.97. The highest BCUT2D eigenvalue weighted by Gasteiger charge is 2.19. The summed E-state index contributed by atoms with van der Waals surface area (Å²) in [5.41, 5.74) is 0.698. The Hall–Kier alpha value is -3.33. The fourth-order valence-electron chi connectivity index (χ4n) is 2.38. The Labute approximate surface area is 165 Å². The molecule has 9 nitrogen and oxygen atoms in total. The molecule has 0 N–H and O–H groups in total. The van der Waals surface area contributed by atoms with E-state index in [9.17, 15) is 4.79 Å². The lowest BCUT2D eigenvalue weighted by Crippen LogP contribution is -2.06. The van der Waals surface area contributed by atoms with E-state index in [1.54, 1.807) is 18.2 Å². The zero-order chi connectivity index (χ0) is 20.1. The number of carbonyl (C=O) groups excluding carboxylic acids is 1. The van der Waals surface area contributed by atoms with Crippen molar-refractivity contribution >= 4 is 17.6 Å². The molecule has 0 atom stereocenters. The zero-order valence-corrected chi connectivity index (χ0v) is 16.0. The van der Waals surface area contributed by atoms with Gasteiger partial charge in [0.1, 0.15) is 5.15 Å². The van der Waals surface area contributed by atoms with E-state index in [1.165, 1.54) is 33.6 Å². The highest BCUT2D eigenvalue weighted by molar-refractivity contribution is 6.32. The van der Waals surface area contributed by atoms with Crippen molar-refractivity contribution in [3.63, 3.8) is 0 Å². The molecule has 0 unspecified atom stereocenters. The lowest BCUT2D eigenvalue weighted by Gasteiger charge is -2.12. The highest BCUT2D eigenvalue weighted by Crippen LogP contribution is 2.40. The third kappa shape index (κ3) is 3.99. The van der Waals surface area contributed by atoms with Crippen LogP contribution in [0.2, 0.25) is 5.15 Å². The summed E-state index contributed by atoms with van der Waals surface area (Å²) in [6.45, 7) is -0.221. The largest absolute Gasteiger partial charge is 0.493 e. The molecule has 0 saturated heterocycles. The van der Waals surface area contributed by atoms with Crippen molar-refractivity contribution in [1.82, 2.24) is 15.2 Å². The van der Waals surface area contributed by atoms with E-state index in [0.717, 1.165) is 0 Å². The molecule has 0 radical (unpaired) electrons. The van der Waals surface area contributed by atoms with Crippen LogP contribution < -0.4 is 14.2 Å². The molecule has 0 spiro atoms. The molecule has 10 heteroatoms. The highest BCUT2D eigenvalue weighted by atomic mass is 35.5. The quantitative estimate of drug-likeness (QED) is 0.432. The minimum atomic E-state index is -0.648. The second-order valence-electron chi connectivity index (χ2n) is 5.33. The van der Waals surface area contributed by atoms with E-state index in [-0.39, 0.29) is 29.1 Å². The van der Waals surface area contributed by atoms with Gasteiger partial charge in [0.2, 0.25) is 11.6 Å². The Morgan fingerprint density at radius 1 is 1.11 bits per heavy atom. The van der Waals surface area contributed by atoms with Gasteiger partial charge in [-0.3, -0.25) is 0 Å². The molecule has 3 rings (SSSR count). The SMILES string of the molecule is COc1cc(-c2nnc(COC(=O)c3cccnc3Cl)o2)cc(OC)c1OC. The molecule has 2 aromatic heterocycles. The minimum Gasteiger partial charge on any atom is -0.493 e.